The lowest BCUT2D eigenvalue weighted by atomic mass is 10.1. The van der Waals surface area contributed by atoms with Crippen LogP contribution >= 0.6 is 0 Å². The molecule has 0 aromatic heterocycles. The highest BCUT2D eigenvalue weighted by atomic mass is 16.3. The predicted octanol–water partition coefficient (Wildman–Crippen LogP) is 1.67. The molecule has 2 rings (SSSR count). The lowest BCUT2D eigenvalue weighted by molar-refractivity contribution is -0.121. The first kappa shape index (κ1) is 12.8. The monoisotopic (exact) mass is 245 g/mol. The van der Waals surface area contributed by atoms with Crippen molar-refractivity contribution in [2.45, 2.75) is 25.3 Å². The second-order valence-corrected chi connectivity index (χ2v) is 4.72. The molecule has 0 spiro atoms. The Morgan fingerprint density at radius 3 is 2.72 bits per heavy atom. The summed E-state index contributed by atoms with van der Waals surface area (Å²) in [6.07, 6.45) is 6.04. The average Bonchev–Trinajstić information content (AvgIpc) is 2.85. The van der Waals surface area contributed by atoms with Gasteiger partial charge in [-0.2, -0.15) is 0 Å². The number of aliphatic hydroxyl groups excluding tert-OH is 1. The number of carbonyl (C=O) groups is 1. The Kier molecular flexibility index (Phi) is 4.53. The quantitative estimate of drug-likeness (QED) is 0.775. The first-order chi connectivity index (χ1) is 8.78. The Labute approximate surface area is 108 Å². The Hall–Kier alpha value is -1.61. The highest BCUT2D eigenvalue weighted by Gasteiger charge is 2.19. The molecule has 2 atom stereocenters. The van der Waals surface area contributed by atoms with Crippen molar-refractivity contribution >= 4 is 5.91 Å². The minimum absolute atomic E-state index is 0.0760. The molecule has 0 saturated heterocycles. The molecule has 1 amide bonds. The van der Waals surface area contributed by atoms with E-state index in [0.717, 1.165) is 12.8 Å². The molecule has 3 heteroatoms. The topological polar surface area (TPSA) is 49.3 Å². The van der Waals surface area contributed by atoms with Gasteiger partial charge in [-0.25, -0.2) is 0 Å². The van der Waals surface area contributed by atoms with Crippen molar-refractivity contribution in [1.29, 1.82) is 0 Å². The average molecular weight is 245 g/mol. The van der Waals surface area contributed by atoms with Crippen molar-refractivity contribution in [2.75, 3.05) is 6.61 Å². The zero-order valence-electron chi connectivity index (χ0n) is 10.4. The molecule has 0 fully saturated rings. The van der Waals surface area contributed by atoms with Crippen molar-refractivity contribution in [3.63, 3.8) is 0 Å². The Bertz CT molecular complexity index is 414. The van der Waals surface area contributed by atoms with Gasteiger partial charge in [0.05, 0.1) is 0 Å². The number of aryl methyl sites for hydroxylation is 1. The van der Waals surface area contributed by atoms with Gasteiger partial charge in [-0.05, 0) is 18.4 Å². The summed E-state index contributed by atoms with van der Waals surface area (Å²) in [5, 5.41) is 12.0. The molecule has 18 heavy (non-hydrogen) atoms. The minimum atomic E-state index is 0.0760. The fraction of sp³-hybridized carbons (Fsp3) is 0.400. The number of rotatable bonds is 5. The molecular weight excluding hydrogens is 226 g/mol. The number of nitrogens with one attached hydrogen (secondary N) is 1. The normalized spacial score (nSPS) is 22.1. The predicted molar refractivity (Wildman–Crippen MR) is 71.0 cm³/mol. The van der Waals surface area contributed by atoms with Crippen LogP contribution in [-0.4, -0.2) is 23.7 Å². The third-order valence-electron chi connectivity index (χ3n) is 3.24. The van der Waals surface area contributed by atoms with Gasteiger partial charge in [-0.15, -0.1) is 0 Å². The smallest absolute Gasteiger partial charge is 0.220 e. The summed E-state index contributed by atoms with van der Waals surface area (Å²) < 4.78 is 0. The molecule has 3 nitrogen and oxygen atoms in total. The van der Waals surface area contributed by atoms with E-state index in [1.165, 1.54) is 5.56 Å². The summed E-state index contributed by atoms with van der Waals surface area (Å²) in [7, 11) is 0. The van der Waals surface area contributed by atoms with Gasteiger partial charge in [0.2, 0.25) is 5.91 Å². The van der Waals surface area contributed by atoms with Crippen molar-refractivity contribution in [1.82, 2.24) is 5.32 Å². The molecule has 0 heterocycles. The molecule has 1 aromatic carbocycles. The van der Waals surface area contributed by atoms with Gasteiger partial charge in [0.25, 0.3) is 0 Å². The molecule has 0 saturated carbocycles. The maximum Gasteiger partial charge on any atom is 0.220 e. The first-order valence-electron chi connectivity index (χ1n) is 6.40. The highest BCUT2D eigenvalue weighted by Crippen LogP contribution is 2.17. The molecular formula is C15H19NO2. The van der Waals surface area contributed by atoms with Crippen molar-refractivity contribution in [2.24, 2.45) is 5.92 Å². The SMILES string of the molecule is O=C(CCc1ccccc1)N[C@@H]1C=C[C@H](CO)C1. The molecule has 0 radical (unpaired) electrons. The Morgan fingerprint density at radius 2 is 2.06 bits per heavy atom. The Morgan fingerprint density at radius 1 is 1.28 bits per heavy atom. The molecule has 0 bridgehead atoms. The van der Waals surface area contributed by atoms with E-state index in [2.05, 4.69) is 5.32 Å². The molecule has 1 aromatic rings. The maximum atomic E-state index is 11.8. The van der Waals surface area contributed by atoms with Crippen LogP contribution in [0.25, 0.3) is 0 Å². The van der Waals surface area contributed by atoms with Crippen molar-refractivity contribution < 1.29 is 9.90 Å². The summed E-state index contributed by atoms with van der Waals surface area (Å²) in [5.41, 5.74) is 1.18. The van der Waals surface area contributed by atoms with E-state index in [1.54, 1.807) is 0 Å². The lowest BCUT2D eigenvalue weighted by Crippen LogP contribution is -2.33. The standard InChI is InChI=1S/C15H19NO2/c17-11-13-6-8-14(10-13)16-15(18)9-7-12-4-2-1-3-5-12/h1-6,8,13-14,17H,7,9-11H2,(H,16,18)/t13-,14+/m0/s1. The van der Waals surface area contributed by atoms with Crippen LogP contribution in [0.15, 0.2) is 42.5 Å². The number of benzene rings is 1. The van der Waals surface area contributed by atoms with Gasteiger partial charge in [0.1, 0.15) is 0 Å². The summed E-state index contributed by atoms with van der Waals surface area (Å²) in [5.74, 6) is 0.275. The second kappa shape index (κ2) is 6.36. The largest absolute Gasteiger partial charge is 0.396 e. The van der Waals surface area contributed by atoms with E-state index in [1.807, 2.05) is 42.5 Å². The summed E-state index contributed by atoms with van der Waals surface area (Å²) in [6, 6.07) is 10.1. The molecule has 0 unspecified atom stereocenters. The minimum Gasteiger partial charge on any atom is -0.396 e. The number of hydrogen-bond acceptors (Lipinski definition) is 2. The molecule has 1 aliphatic rings. The maximum absolute atomic E-state index is 11.8. The van der Waals surface area contributed by atoms with Gasteiger partial charge < -0.3 is 10.4 Å². The fourth-order valence-corrected chi connectivity index (χ4v) is 2.20. The summed E-state index contributed by atoms with van der Waals surface area (Å²) in [6.45, 7) is 0.160. The number of aliphatic hydroxyl groups is 1. The second-order valence-electron chi connectivity index (χ2n) is 4.72. The van der Waals surface area contributed by atoms with Crippen LogP contribution in [0, 0.1) is 5.92 Å². The van der Waals surface area contributed by atoms with Crippen LogP contribution in [0.3, 0.4) is 0 Å². The number of amides is 1. The van der Waals surface area contributed by atoms with Gasteiger partial charge in [-0.1, -0.05) is 42.5 Å². The molecule has 1 aliphatic carbocycles. The number of carbonyl (C=O) groups excluding carboxylic acids is 1. The van der Waals surface area contributed by atoms with Crippen LogP contribution in [0.5, 0.6) is 0 Å². The Balaban J connectivity index is 1.72. The van der Waals surface area contributed by atoms with E-state index in [-0.39, 0.29) is 24.5 Å². The van der Waals surface area contributed by atoms with Crippen LogP contribution in [0.1, 0.15) is 18.4 Å². The van der Waals surface area contributed by atoms with E-state index in [0.29, 0.717) is 6.42 Å². The molecule has 0 aliphatic heterocycles. The van der Waals surface area contributed by atoms with Crippen LogP contribution in [0.4, 0.5) is 0 Å². The lowest BCUT2D eigenvalue weighted by Gasteiger charge is -2.12. The molecule has 96 valence electrons. The van der Waals surface area contributed by atoms with Gasteiger partial charge in [0, 0.05) is 25.0 Å². The van der Waals surface area contributed by atoms with E-state index in [9.17, 15) is 4.79 Å². The summed E-state index contributed by atoms with van der Waals surface area (Å²) >= 11 is 0. The van der Waals surface area contributed by atoms with Crippen LogP contribution in [0.2, 0.25) is 0 Å². The highest BCUT2D eigenvalue weighted by molar-refractivity contribution is 5.76. The first-order valence-corrected chi connectivity index (χ1v) is 6.40. The zero-order chi connectivity index (χ0) is 12.8. The van der Waals surface area contributed by atoms with Crippen molar-refractivity contribution in [3.05, 3.63) is 48.0 Å². The van der Waals surface area contributed by atoms with Gasteiger partial charge >= 0.3 is 0 Å². The van der Waals surface area contributed by atoms with E-state index >= 15 is 0 Å². The van der Waals surface area contributed by atoms with Gasteiger partial charge in [-0.3, -0.25) is 4.79 Å². The third-order valence-corrected chi connectivity index (χ3v) is 3.24. The fourth-order valence-electron chi connectivity index (χ4n) is 2.20. The van der Waals surface area contributed by atoms with Crippen LogP contribution < -0.4 is 5.32 Å². The number of hydrogen-bond donors (Lipinski definition) is 2. The zero-order valence-corrected chi connectivity index (χ0v) is 10.4. The van der Waals surface area contributed by atoms with Gasteiger partial charge in [0.15, 0.2) is 0 Å². The summed E-state index contributed by atoms with van der Waals surface area (Å²) in [4.78, 5) is 11.8. The van der Waals surface area contributed by atoms with E-state index in [4.69, 9.17) is 5.11 Å². The third kappa shape index (κ3) is 3.70. The van der Waals surface area contributed by atoms with E-state index < -0.39 is 0 Å². The van der Waals surface area contributed by atoms with Crippen LogP contribution in [-0.2, 0) is 11.2 Å². The van der Waals surface area contributed by atoms with Crippen molar-refractivity contribution in [3.8, 4) is 0 Å². The molecule has 2 N–H and O–H groups in total.